The summed E-state index contributed by atoms with van der Waals surface area (Å²) < 4.78 is 4.99. The first-order valence-corrected chi connectivity index (χ1v) is 3.81. The normalized spacial score (nSPS) is 9.83. The van der Waals surface area contributed by atoms with E-state index < -0.39 is 0 Å². The molecule has 0 saturated heterocycles. The summed E-state index contributed by atoms with van der Waals surface area (Å²) in [5.41, 5.74) is 7.29. The average molecular weight is 167 g/mol. The number of hydrogen-bond acceptors (Lipinski definition) is 3. The van der Waals surface area contributed by atoms with Crippen LogP contribution < -0.4 is 10.5 Å². The fraction of sp³-hybridized carbons (Fsp3) is 0.333. The summed E-state index contributed by atoms with van der Waals surface area (Å²) in [5, 5.41) is 8.67. The number of hydrogen-bond donors (Lipinski definition) is 2. The zero-order valence-electron chi connectivity index (χ0n) is 7.08. The highest BCUT2D eigenvalue weighted by Gasteiger charge is 1.99. The number of nitrogens with two attached hydrogens (primary N) is 1. The summed E-state index contributed by atoms with van der Waals surface area (Å²) in [6.45, 7) is 0.145. The molecule has 1 aromatic carbocycles. The van der Waals surface area contributed by atoms with Gasteiger partial charge in [-0.15, -0.1) is 0 Å². The van der Waals surface area contributed by atoms with Crippen molar-refractivity contribution in [2.45, 2.75) is 6.42 Å². The molecule has 3 heteroatoms. The predicted molar refractivity (Wildman–Crippen MR) is 48.2 cm³/mol. The van der Waals surface area contributed by atoms with Crippen molar-refractivity contribution in [2.75, 3.05) is 19.5 Å². The van der Waals surface area contributed by atoms with Gasteiger partial charge >= 0.3 is 0 Å². The number of benzene rings is 1. The summed E-state index contributed by atoms with van der Waals surface area (Å²) in [4.78, 5) is 0. The molecule has 0 radical (unpaired) electrons. The van der Waals surface area contributed by atoms with Crippen molar-refractivity contribution in [3.63, 3.8) is 0 Å². The van der Waals surface area contributed by atoms with E-state index in [1.807, 2.05) is 12.1 Å². The summed E-state index contributed by atoms with van der Waals surface area (Å²) in [6.07, 6.45) is 0.633. The van der Waals surface area contributed by atoms with E-state index in [1.54, 1.807) is 13.2 Å². The van der Waals surface area contributed by atoms with Crippen LogP contribution in [0, 0.1) is 0 Å². The van der Waals surface area contributed by atoms with Gasteiger partial charge in [0.05, 0.1) is 12.8 Å². The second-order valence-corrected chi connectivity index (χ2v) is 2.55. The fourth-order valence-electron chi connectivity index (χ4n) is 1.07. The molecule has 0 saturated carbocycles. The quantitative estimate of drug-likeness (QED) is 0.655. The van der Waals surface area contributed by atoms with Crippen LogP contribution in [0.4, 0.5) is 5.69 Å². The summed E-state index contributed by atoms with van der Waals surface area (Å²) in [6, 6.07) is 5.51. The number of methoxy groups -OCH3 is 1. The standard InChI is InChI=1S/C9H13NO2/c1-12-9-3-2-7(4-5-11)6-8(9)10/h2-3,6,11H,4-5,10H2,1H3. The molecule has 0 unspecified atom stereocenters. The molecule has 0 heterocycles. The SMILES string of the molecule is COc1ccc(CCO)cc1N. The zero-order valence-corrected chi connectivity index (χ0v) is 7.08. The summed E-state index contributed by atoms with van der Waals surface area (Å²) in [5.74, 6) is 0.677. The molecule has 0 amide bonds. The van der Waals surface area contributed by atoms with Gasteiger partial charge in [-0.1, -0.05) is 6.07 Å². The minimum absolute atomic E-state index is 0.145. The van der Waals surface area contributed by atoms with Gasteiger partial charge in [0.15, 0.2) is 0 Å². The molecule has 0 bridgehead atoms. The molecule has 3 nitrogen and oxygen atoms in total. The van der Waals surface area contributed by atoms with E-state index in [0.717, 1.165) is 5.56 Å². The molecule has 0 aliphatic carbocycles. The number of rotatable bonds is 3. The van der Waals surface area contributed by atoms with Crippen LogP contribution in [0.1, 0.15) is 5.56 Å². The smallest absolute Gasteiger partial charge is 0.141 e. The van der Waals surface area contributed by atoms with E-state index in [1.165, 1.54) is 0 Å². The van der Waals surface area contributed by atoms with Crippen molar-refractivity contribution < 1.29 is 9.84 Å². The maximum absolute atomic E-state index is 8.67. The molecular formula is C9H13NO2. The minimum Gasteiger partial charge on any atom is -0.495 e. The number of aliphatic hydroxyl groups excluding tert-OH is 1. The molecule has 1 rings (SSSR count). The van der Waals surface area contributed by atoms with Gasteiger partial charge in [-0.3, -0.25) is 0 Å². The number of nitrogen functional groups attached to an aromatic ring is 1. The van der Waals surface area contributed by atoms with E-state index in [0.29, 0.717) is 17.9 Å². The van der Waals surface area contributed by atoms with Crippen molar-refractivity contribution in [2.24, 2.45) is 0 Å². The lowest BCUT2D eigenvalue weighted by Crippen LogP contribution is -1.96. The van der Waals surface area contributed by atoms with Gasteiger partial charge in [-0.2, -0.15) is 0 Å². The first kappa shape index (κ1) is 8.87. The van der Waals surface area contributed by atoms with E-state index in [9.17, 15) is 0 Å². The Morgan fingerprint density at radius 2 is 2.25 bits per heavy atom. The summed E-state index contributed by atoms with van der Waals surface area (Å²) in [7, 11) is 1.58. The van der Waals surface area contributed by atoms with Crippen molar-refractivity contribution >= 4 is 5.69 Å². The second-order valence-electron chi connectivity index (χ2n) is 2.55. The van der Waals surface area contributed by atoms with Crippen LogP contribution in [0.15, 0.2) is 18.2 Å². The maximum Gasteiger partial charge on any atom is 0.141 e. The highest BCUT2D eigenvalue weighted by atomic mass is 16.5. The lowest BCUT2D eigenvalue weighted by Gasteiger charge is -2.05. The largest absolute Gasteiger partial charge is 0.495 e. The summed E-state index contributed by atoms with van der Waals surface area (Å²) >= 11 is 0. The first-order chi connectivity index (χ1) is 5.77. The monoisotopic (exact) mass is 167 g/mol. The van der Waals surface area contributed by atoms with Gasteiger partial charge in [0.25, 0.3) is 0 Å². The van der Waals surface area contributed by atoms with E-state index >= 15 is 0 Å². The van der Waals surface area contributed by atoms with Gasteiger partial charge in [0.2, 0.25) is 0 Å². The van der Waals surface area contributed by atoms with E-state index in [2.05, 4.69) is 0 Å². The Morgan fingerprint density at radius 1 is 1.50 bits per heavy atom. The van der Waals surface area contributed by atoms with Crippen molar-refractivity contribution in [1.29, 1.82) is 0 Å². The molecule has 12 heavy (non-hydrogen) atoms. The Labute approximate surface area is 71.8 Å². The second kappa shape index (κ2) is 3.97. The molecule has 0 atom stereocenters. The van der Waals surface area contributed by atoms with E-state index in [-0.39, 0.29) is 6.61 Å². The van der Waals surface area contributed by atoms with Crippen LogP contribution in [0.2, 0.25) is 0 Å². The highest BCUT2D eigenvalue weighted by molar-refractivity contribution is 5.54. The van der Waals surface area contributed by atoms with Crippen LogP contribution in [0.25, 0.3) is 0 Å². The third kappa shape index (κ3) is 1.89. The van der Waals surface area contributed by atoms with Crippen LogP contribution in [0.5, 0.6) is 5.75 Å². The number of aliphatic hydroxyl groups is 1. The minimum atomic E-state index is 0.145. The third-order valence-corrected chi connectivity index (χ3v) is 1.69. The molecular weight excluding hydrogens is 154 g/mol. The van der Waals surface area contributed by atoms with Crippen LogP contribution in [-0.4, -0.2) is 18.8 Å². The van der Waals surface area contributed by atoms with Gasteiger partial charge in [-0.25, -0.2) is 0 Å². The maximum atomic E-state index is 8.67. The van der Waals surface area contributed by atoms with Gasteiger partial charge in [0, 0.05) is 6.61 Å². The fourth-order valence-corrected chi connectivity index (χ4v) is 1.07. The predicted octanol–water partition coefficient (Wildman–Crippen LogP) is 0.812. The topological polar surface area (TPSA) is 55.5 Å². The van der Waals surface area contributed by atoms with Crippen LogP contribution in [0.3, 0.4) is 0 Å². The van der Waals surface area contributed by atoms with E-state index in [4.69, 9.17) is 15.6 Å². The highest BCUT2D eigenvalue weighted by Crippen LogP contribution is 2.21. The zero-order chi connectivity index (χ0) is 8.97. The van der Waals surface area contributed by atoms with Crippen molar-refractivity contribution in [3.8, 4) is 5.75 Å². The first-order valence-electron chi connectivity index (χ1n) is 3.81. The van der Waals surface area contributed by atoms with Crippen molar-refractivity contribution in [3.05, 3.63) is 23.8 Å². The lowest BCUT2D eigenvalue weighted by atomic mass is 10.1. The molecule has 0 aliphatic heterocycles. The van der Waals surface area contributed by atoms with Crippen molar-refractivity contribution in [1.82, 2.24) is 0 Å². The molecule has 0 aliphatic rings. The van der Waals surface area contributed by atoms with Crippen LogP contribution in [-0.2, 0) is 6.42 Å². The molecule has 0 aromatic heterocycles. The Morgan fingerprint density at radius 3 is 2.75 bits per heavy atom. The number of anilines is 1. The van der Waals surface area contributed by atoms with Gasteiger partial charge < -0.3 is 15.6 Å². The van der Waals surface area contributed by atoms with Gasteiger partial charge in [-0.05, 0) is 24.1 Å². The Balaban J connectivity index is 2.86. The Bertz CT molecular complexity index is 261. The molecule has 66 valence electrons. The number of ether oxygens (including phenoxy) is 1. The molecule has 1 aromatic rings. The third-order valence-electron chi connectivity index (χ3n) is 1.69. The Kier molecular flexibility index (Phi) is 2.94. The molecule has 0 fully saturated rings. The molecule has 0 spiro atoms. The lowest BCUT2D eigenvalue weighted by molar-refractivity contribution is 0.299. The van der Waals surface area contributed by atoms with Gasteiger partial charge in [0.1, 0.15) is 5.75 Å². The van der Waals surface area contributed by atoms with Crippen LogP contribution >= 0.6 is 0 Å². The Hall–Kier alpha value is -1.22. The average Bonchev–Trinajstić information content (AvgIpc) is 2.05. The molecule has 3 N–H and O–H groups in total.